The zero-order valence-corrected chi connectivity index (χ0v) is 12.9. The standard InChI is InChI=1S/C20H30/c1-3-7-11-15-19(16-12-8-4-1)20-17-13-9-5-2-6-10-14-18-20/h7,9,11,13,15,17H,1-6,8,10,12,14,16,18H2. The van der Waals surface area contributed by atoms with Crippen molar-refractivity contribution >= 4 is 0 Å². The Kier molecular flexibility index (Phi) is 7.52. The van der Waals surface area contributed by atoms with Crippen LogP contribution in [0.3, 0.4) is 0 Å². The van der Waals surface area contributed by atoms with E-state index < -0.39 is 0 Å². The van der Waals surface area contributed by atoms with E-state index in [1.165, 1.54) is 77.0 Å². The summed E-state index contributed by atoms with van der Waals surface area (Å²) < 4.78 is 0. The van der Waals surface area contributed by atoms with Crippen LogP contribution in [0.4, 0.5) is 0 Å². The first-order valence-electron chi connectivity index (χ1n) is 8.68. The third-order valence-corrected chi connectivity index (χ3v) is 4.41. The first kappa shape index (κ1) is 15.4. The lowest BCUT2D eigenvalue weighted by molar-refractivity contribution is 0.628. The molecule has 0 amide bonds. The average Bonchev–Trinajstić information content (AvgIpc) is 2.50. The summed E-state index contributed by atoms with van der Waals surface area (Å²) in [6.07, 6.45) is 30.2. The van der Waals surface area contributed by atoms with Crippen LogP contribution >= 0.6 is 0 Å². The quantitative estimate of drug-likeness (QED) is 0.499. The lowest BCUT2D eigenvalue weighted by atomic mass is 9.92. The largest absolute Gasteiger partial charge is 0.0845 e. The van der Waals surface area contributed by atoms with E-state index in [1.807, 2.05) is 0 Å². The molecule has 0 aromatic carbocycles. The molecule has 110 valence electrons. The summed E-state index contributed by atoms with van der Waals surface area (Å²) in [7, 11) is 0. The molecule has 0 atom stereocenters. The fourth-order valence-electron chi connectivity index (χ4n) is 3.13. The Bertz CT molecular complexity index is 341. The summed E-state index contributed by atoms with van der Waals surface area (Å²) in [4.78, 5) is 0. The van der Waals surface area contributed by atoms with Crippen LogP contribution in [0.2, 0.25) is 0 Å². The van der Waals surface area contributed by atoms with E-state index in [0.29, 0.717) is 0 Å². The molecule has 2 aliphatic carbocycles. The lowest BCUT2D eigenvalue weighted by Gasteiger charge is -2.13. The maximum atomic E-state index is 2.39. The Morgan fingerprint density at radius 1 is 0.500 bits per heavy atom. The van der Waals surface area contributed by atoms with Crippen LogP contribution < -0.4 is 0 Å². The van der Waals surface area contributed by atoms with Gasteiger partial charge in [0.2, 0.25) is 0 Å². The summed E-state index contributed by atoms with van der Waals surface area (Å²) in [5.74, 6) is 0. The van der Waals surface area contributed by atoms with Gasteiger partial charge < -0.3 is 0 Å². The van der Waals surface area contributed by atoms with E-state index in [-0.39, 0.29) is 0 Å². The Hall–Kier alpha value is -1.04. The van der Waals surface area contributed by atoms with Crippen LogP contribution in [-0.4, -0.2) is 0 Å². The molecule has 0 unspecified atom stereocenters. The molecule has 0 saturated carbocycles. The van der Waals surface area contributed by atoms with E-state index >= 15 is 0 Å². The molecular weight excluding hydrogens is 240 g/mol. The summed E-state index contributed by atoms with van der Waals surface area (Å²) in [5, 5.41) is 0. The van der Waals surface area contributed by atoms with Crippen molar-refractivity contribution in [1.29, 1.82) is 0 Å². The lowest BCUT2D eigenvalue weighted by Crippen LogP contribution is -1.94. The van der Waals surface area contributed by atoms with E-state index in [0.717, 1.165) is 0 Å². The van der Waals surface area contributed by atoms with Crippen LogP contribution in [0.1, 0.15) is 77.0 Å². The molecule has 0 aromatic heterocycles. The van der Waals surface area contributed by atoms with E-state index in [2.05, 4.69) is 36.5 Å². The Balaban J connectivity index is 2.09. The van der Waals surface area contributed by atoms with Gasteiger partial charge in [-0.15, -0.1) is 0 Å². The van der Waals surface area contributed by atoms with Crippen LogP contribution in [0.15, 0.2) is 47.6 Å². The molecule has 0 bridgehead atoms. The van der Waals surface area contributed by atoms with Gasteiger partial charge in [-0.05, 0) is 62.5 Å². The highest BCUT2D eigenvalue weighted by Crippen LogP contribution is 2.25. The maximum absolute atomic E-state index is 2.39. The van der Waals surface area contributed by atoms with E-state index in [9.17, 15) is 0 Å². The highest BCUT2D eigenvalue weighted by Gasteiger charge is 2.06. The molecule has 0 N–H and O–H groups in total. The van der Waals surface area contributed by atoms with Gasteiger partial charge in [-0.2, -0.15) is 0 Å². The monoisotopic (exact) mass is 270 g/mol. The Morgan fingerprint density at radius 3 is 1.45 bits per heavy atom. The molecule has 0 nitrogen and oxygen atoms in total. The minimum atomic E-state index is 1.25. The van der Waals surface area contributed by atoms with Crippen molar-refractivity contribution in [3.63, 3.8) is 0 Å². The van der Waals surface area contributed by atoms with Crippen molar-refractivity contribution in [2.45, 2.75) is 77.0 Å². The second kappa shape index (κ2) is 9.80. The molecule has 0 fully saturated rings. The van der Waals surface area contributed by atoms with Gasteiger partial charge >= 0.3 is 0 Å². The molecule has 2 rings (SSSR count). The molecule has 0 heterocycles. The van der Waals surface area contributed by atoms with Crippen LogP contribution in [0.5, 0.6) is 0 Å². The number of rotatable bonds is 1. The van der Waals surface area contributed by atoms with Gasteiger partial charge in [0, 0.05) is 0 Å². The third kappa shape index (κ3) is 5.94. The summed E-state index contributed by atoms with van der Waals surface area (Å²) >= 11 is 0. The van der Waals surface area contributed by atoms with Gasteiger partial charge in [-0.3, -0.25) is 0 Å². The molecule has 0 spiro atoms. The van der Waals surface area contributed by atoms with Gasteiger partial charge in [0.25, 0.3) is 0 Å². The smallest absolute Gasteiger partial charge is 0.0276 e. The average molecular weight is 270 g/mol. The fraction of sp³-hybridized carbons (Fsp3) is 0.600. The normalized spacial score (nSPS) is 22.8. The minimum absolute atomic E-state index is 1.25. The minimum Gasteiger partial charge on any atom is -0.0845 e. The van der Waals surface area contributed by atoms with Gasteiger partial charge in [0.05, 0.1) is 0 Å². The number of hydrogen-bond acceptors (Lipinski definition) is 0. The third-order valence-electron chi connectivity index (χ3n) is 4.41. The predicted molar refractivity (Wildman–Crippen MR) is 89.9 cm³/mol. The first-order chi connectivity index (χ1) is 9.97. The van der Waals surface area contributed by atoms with E-state index in [1.54, 1.807) is 11.1 Å². The maximum Gasteiger partial charge on any atom is -0.0276 e. The number of allylic oxidation sites excluding steroid dienone is 8. The molecule has 0 saturated heterocycles. The molecule has 0 radical (unpaired) electrons. The first-order valence-corrected chi connectivity index (χ1v) is 8.68. The second-order valence-corrected chi connectivity index (χ2v) is 6.15. The molecule has 0 aliphatic heterocycles. The van der Waals surface area contributed by atoms with Crippen LogP contribution in [-0.2, 0) is 0 Å². The summed E-state index contributed by atoms with van der Waals surface area (Å²) in [5.41, 5.74) is 3.18. The van der Waals surface area contributed by atoms with Crippen LogP contribution in [0, 0.1) is 0 Å². The topological polar surface area (TPSA) is 0 Å². The van der Waals surface area contributed by atoms with Crippen molar-refractivity contribution in [2.24, 2.45) is 0 Å². The van der Waals surface area contributed by atoms with Gasteiger partial charge in [-0.25, -0.2) is 0 Å². The van der Waals surface area contributed by atoms with Crippen molar-refractivity contribution in [3.8, 4) is 0 Å². The zero-order chi connectivity index (χ0) is 13.9. The molecule has 0 heteroatoms. The Morgan fingerprint density at radius 2 is 0.950 bits per heavy atom. The fourth-order valence-corrected chi connectivity index (χ4v) is 3.13. The molecule has 2 aliphatic rings. The Labute approximate surface area is 125 Å². The number of hydrogen-bond donors (Lipinski definition) is 0. The van der Waals surface area contributed by atoms with Gasteiger partial charge in [-0.1, -0.05) is 62.1 Å². The highest BCUT2D eigenvalue weighted by molar-refractivity contribution is 5.36. The predicted octanol–water partition coefficient (Wildman–Crippen LogP) is 6.66. The SMILES string of the molecule is C1=CCCCCCCC(C2=CC=CCCCCCC2)=C1. The van der Waals surface area contributed by atoms with E-state index in [4.69, 9.17) is 0 Å². The zero-order valence-electron chi connectivity index (χ0n) is 12.9. The van der Waals surface area contributed by atoms with Crippen LogP contribution in [0.25, 0.3) is 0 Å². The highest BCUT2D eigenvalue weighted by atomic mass is 14.1. The van der Waals surface area contributed by atoms with Crippen molar-refractivity contribution in [2.75, 3.05) is 0 Å². The second-order valence-electron chi connectivity index (χ2n) is 6.15. The van der Waals surface area contributed by atoms with Crippen molar-refractivity contribution in [3.05, 3.63) is 47.6 Å². The molecule has 20 heavy (non-hydrogen) atoms. The van der Waals surface area contributed by atoms with Gasteiger partial charge in [0.1, 0.15) is 0 Å². The summed E-state index contributed by atoms with van der Waals surface area (Å²) in [6.45, 7) is 0. The molecular formula is C20H30. The van der Waals surface area contributed by atoms with Gasteiger partial charge in [0.15, 0.2) is 0 Å². The van der Waals surface area contributed by atoms with Crippen molar-refractivity contribution in [1.82, 2.24) is 0 Å². The molecule has 0 aromatic rings. The van der Waals surface area contributed by atoms with Crippen molar-refractivity contribution < 1.29 is 0 Å². The summed E-state index contributed by atoms with van der Waals surface area (Å²) in [6, 6.07) is 0.